The number of amides is 1. The first kappa shape index (κ1) is 9.18. The zero-order valence-electron chi connectivity index (χ0n) is 6.73. The minimum absolute atomic E-state index is 0.00106. The second-order valence-electron chi connectivity index (χ2n) is 2.50. The van der Waals surface area contributed by atoms with Crippen LogP contribution in [0.5, 0.6) is 5.75 Å². The van der Waals surface area contributed by atoms with Gasteiger partial charge in [0.15, 0.2) is 0 Å². The number of aromatic hydroxyl groups is 1. The average molecular weight is 180 g/mol. The van der Waals surface area contributed by atoms with Crippen LogP contribution in [0.2, 0.25) is 0 Å². The third kappa shape index (κ3) is 2.02. The van der Waals surface area contributed by atoms with Gasteiger partial charge in [0, 0.05) is 0 Å². The van der Waals surface area contributed by atoms with Gasteiger partial charge in [-0.05, 0) is 17.7 Å². The molecule has 0 radical (unpaired) electrons. The number of phenols is 1. The molecule has 1 rings (SSSR count). The minimum Gasteiger partial charge on any atom is -0.507 e. The van der Waals surface area contributed by atoms with Crippen LogP contribution in [0.25, 0.3) is 0 Å². The first-order chi connectivity index (χ1) is 6.15. The summed E-state index contributed by atoms with van der Waals surface area (Å²) in [5.74, 6) is -0.924. The highest BCUT2D eigenvalue weighted by atomic mass is 16.3. The SMILES string of the molecule is NC(=O)c1cc(CN=O)ccc1O. The molecule has 3 N–H and O–H groups in total. The standard InChI is InChI=1S/C8H8N2O3/c9-8(12)6-3-5(4-10-13)1-2-7(6)11/h1-3,11H,4H2,(H2,9,12). The maximum Gasteiger partial charge on any atom is 0.252 e. The van der Waals surface area contributed by atoms with Crippen LogP contribution >= 0.6 is 0 Å². The van der Waals surface area contributed by atoms with E-state index in [0.29, 0.717) is 5.56 Å². The fourth-order valence-electron chi connectivity index (χ4n) is 0.953. The third-order valence-corrected chi connectivity index (χ3v) is 1.57. The maximum absolute atomic E-state index is 10.7. The van der Waals surface area contributed by atoms with Crippen LogP contribution in [0.3, 0.4) is 0 Å². The van der Waals surface area contributed by atoms with Gasteiger partial charge >= 0.3 is 0 Å². The average Bonchev–Trinajstić information content (AvgIpc) is 2.08. The number of nitrogens with zero attached hydrogens (tertiary/aromatic N) is 1. The van der Waals surface area contributed by atoms with Crippen LogP contribution in [0.15, 0.2) is 23.4 Å². The molecule has 0 atom stereocenters. The summed E-state index contributed by atoms with van der Waals surface area (Å²) in [5.41, 5.74) is 5.52. The fraction of sp³-hybridized carbons (Fsp3) is 0.125. The Morgan fingerprint density at radius 1 is 1.54 bits per heavy atom. The molecular weight excluding hydrogens is 172 g/mol. The molecular formula is C8H8N2O3. The lowest BCUT2D eigenvalue weighted by atomic mass is 10.1. The molecule has 13 heavy (non-hydrogen) atoms. The molecule has 0 saturated carbocycles. The molecule has 1 aromatic rings. The molecule has 1 aromatic carbocycles. The minimum atomic E-state index is -0.731. The smallest absolute Gasteiger partial charge is 0.252 e. The van der Waals surface area contributed by atoms with Gasteiger partial charge < -0.3 is 10.8 Å². The zero-order chi connectivity index (χ0) is 9.84. The van der Waals surface area contributed by atoms with Crippen molar-refractivity contribution in [2.45, 2.75) is 6.54 Å². The van der Waals surface area contributed by atoms with E-state index < -0.39 is 5.91 Å². The van der Waals surface area contributed by atoms with E-state index in [1.807, 2.05) is 0 Å². The van der Waals surface area contributed by atoms with Crippen LogP contribution in [-0.2, 0) is 6.54 Å². The van der Waals surface area contributed by atoms with Crippen LogP contribution in [0, 0.1) is 4.91 Å². The van der Waals surface area contributed by atoms with Gasteiger partial charge in [0.05, 0.1) is 5.56 Å². The Hall–Kier alpha value is -1.91. The number of rotatable bonds is 3. The Morgan fingerprint density at radius 2 is 2.23 bits per heavy atom. The summed E-state index contributed by atoms with van der Waals surface area (Å²) in [6.45, 7) is -0.0411. The van der Waals surface area contributed by atoms with Gasteiger partial charge in [-0.3, -0.25) is 4.79 Å². The summed E-state index contributed by atoms with van der Waals surface area (Å²) in [5, 5.41) is 11.8. The zero-order valence-corrected chi connectivity index (χ0v) is 6.73. The molecule has 0 unspecified atom stereocenters. The molecule has 1 amide bonds. The second kappa shape index (κ2) is 3.66. The van der Waals surface area contributed by atoms with Crippen molar-refractivity contribution in [1.29, 1.82) is 0 Å². The van der Waals surface area contributed by atoms with Gasteiger partial charge in [-0.2, -0.15) is 4.91 Å². The van der Waals surface area contributed by atoms with Crippen LogP contribution in [-0.4, -0.2) is 11.0 Å². The van der Waals surface area contributed by atoms with Crippen LogP contribution in [0.4, 0.5) is 0 Å². The third-order valence-electron chi connectivity index (χ3n) is 1.57. The Balaban J connectivity index is 3.10. The number of carbonyl (C=O) groups is 1. The molecule has 0 heterocycles. The van der Waals surface area contributed by atoms with E-state index in [-0.39, 0.29) is 17.9 Å². The van der Waals surface area contributed by atoms with Crippen molar-refractivity contribution in [2.24, 2.45) is 10.9 Å². The molecule has 0 aliphatic rings. The number of benzene rings is 1. The van der Waals surface area contributed by atoms with E-state index in [0.717, 1.165) is 0 Å². The highest BCUT2D eigenvalue weighted by molar-refractivity contribution is 5.95. The normalized spacial score (nSPS) is 9.54. The Bertz CT molecular complexity index is 349. The summed E-state index contributed by atoms with van der Waals surface area (Å²) in [6, 6.07) is 4.16. The highest BCUT2D eigenvalue weighted by Gasteiger charge is 2.07. The van der Waals surface area contributed by atoms with Gasteiger partial charge in [-0.25, -0.2) is 0 Å². The van der Waals surface area contributed by atoms with E-state index in [4.69, 9.17) is 10.8 Å². The summed E-state index contributed by atoms with van der Waals surface area (Å²) in [7, 11) is 0. The van der Waals surface area contributed by atoms with Crippen molar-refractivity contribution in [2.75, 3.05) is 0 Å². The number of nitroso groups, excluding NO2 is 1. The molecule has 0 bridgehead atoms. The lowest BCUT2D eigenvalue weighted by Gasteiger charge is -2.01. The molecule has 5 nitrogen and oxygen atoms in total. The molecule has 0 aromatic heterocycles. The lowest BCUT2D eigenvalue weighted by molar-refractivity contribution is 0.0997. The largest absolute Gasteiger partial charge is 0.507 e. The van der Waals surface area contributed by atoms with Gasteiger partial charge in [-0.1, -0.05) is 11.2 Å². The molecule has 0 aliphatic carbocycles. The maximum atomic E-state index is 10.7. The van der Waals surface area contributed by atoms with E-state index in [1.54, 1.807) is 0 Å². The van der Waals surface area contributed by atoms with Gasteiger partial charge in [0.25, 0.3) is 5.91 Å². The molecule has 0 spiro atoms. The van der Waals surface area contributed by atoms with Crippen molar-refractivity contribution in [1.82, 2.24) is 0 Å². The quantitative estimate of drug-likeness (QED) is 0.672. The first-order valence-corrected chi connectivity index (χ1v) is 3.56. The number of nitrogens with two attached hydrogens (primary N) is 1. The van der Waals surface area contributed by atoms with Crippen molar-refractivity contribution >= 4 is 5.91 Å². The number of hydrogen-bond donors (Lipinski definition) is 2. The van der Waals surface area contributed by atoms with Crippen LogP contribution in [0.1, 0.15) is 15.9 Å². The van der Waals surface area contributed by atoms with Gasteiger partial charge in [0.1, 0.15) is 12.3 Å². The van der Waals surface area contributed by atoms with Crippen molar-refractivity contribution in [3.05, 3.63) is 34.2 Å². The Kier molecular flexibility index (Phi) is 2.59. The lowest BCUT2D eigenvalue weighted by Crippen LogP contribution is -2.11. The number of primary amides is 1. The predicted molar refractivity (Wildman–Crippen MR) is 46.1 cm³/mol. The highest BCUT2D eigenvalue weighted by Crippen LogP contribution is 2.18. The van der Waals surface area contributed by atoms with E-state index >= 15 is 0 Å². The summed E-state index contributed by atoms with van der Waals surface area (Å²) in [6.07, 6.45) is 0. The second-order valence-corrected chi connectivity index (χ2v) is 2.50. The monoisotopic (exact) mass is 180 g/mol. The topological polar surface area (TPSA) is 92.8 Å². The summed E-state index contributed by atoms with van der Waals surface area (Å²) >= 11 is 0. The van der Waals surface area contributed by atoms with Gasteiger partial charge in [-0.15, -0.1) is 0 Å². The summed E-state index contributed by atoms with van der Waals surface area (Å²) in [4.78, 5) is 20.6. The predicted octanol–water partition coefficient (Wildman–Crippen LogP) is 0.757. The first-order valence-electron chi connectivity index (χ1n) is 3.56. The van der Waals surface area contributed by atoms with Crippen molar-refractivity contribution < 1.29 is 9.90 Å². The Morgan fingerprint density at radius 3 is 2.77 bits per heavy atom. The van der Waals surface area contributed by atoms with Crippen LogP contribution < -0.4 is 5.73 Å². The van der Waals surface area contributed by atoms with E-state index in [1.165, 1.54) is 18.2 Å². The molecule has 0 aliphatic heterocycles. The Labute approximate surface area is 74.2 Å². The number of carbonyl (C=O) groups excluding carboxylic acids is 1. The molecule has 68 valence electrons. The summed E-state index contributed by atoms with van der Waals surface area (Å²) < 4.78 is 0. The molecule has 5 heteroatoms. The molecule has 0 fully saturated rings. The fourth-order valence-corrected chi connectivity index (χ4v) is 0.953. The van der Waals surface area contributed by atoms with E-state index in [2.05, 4.69) is 5.18 Å². The molecule has 0 saturated heterocycles. The van der Waals surface area contributed by atoms with Gasteiger partial charge in [0.2, 0.25) is 0 Å². The van der Waals surface area contributed by atoms with Crippen molar-refractivity contribution in [3.63, 3.8) is 0 Å². The van der Waals surface area contributed by atoms with E-state index in [9.17, 15) is 9.70 Å². The van der Waals surface area contributed by atoms with Crippen molar-refractivity contribution in [3.8, 4) is 5.75 Å². The number of hydrogen-bond acceptors (Lipinski definition) is 4.